The van der Waals surface area contributed by atoms with Crippen LogP contribution in [0.5, 0.6) is 0 Å². The number of unbranched alkanes of at least 4 members (excludes halogenated alkanes) is 2. The number of amides is 1. The van der Waals surface area contributed by atoms with Gasteiger partial charge < -0.3 is 15.7 Å². The van der Waals surface area contributed by atoms with Crippen molar-refractivity contribution in [2.75, 3.05) is 19.7 Å². The molecular formula is C12H26N2O2. The summed E-state index contributed by atoms with van der Waals surface area (Å²) < 4.78 is 0. The lowest BCUT2D eigenvalue weighted by Crippen LogP contribution is -2.45. The van der Waals surface area contributed by atoms with Crippen molar-refractivity contribution in [1.29, 1.82) is 0 Å². The normalized spacial score (nSPS) is 12.5. The van der Waals surface area contributed by atoms with Crippen molar-refractivity contribution in [1.82, 2.24) is 4.90 Å². The van der Waals surface area contributed by atoms with E-state index in [1.165, 1.54) is 0 Å². The monoisotopic (exact) mass is 230 g/mol. The number of hydrogen-bond donors (Lipinski definition) is 2. The summed E-state index contributed by atoms with van der Waals surface area (Å²) in [5.74, 6) is -0.0176. The van der Waals surface area contributed by atoms with Crippen LogP contribution in [0.1, 0.15) is 46.0 Å². The second-order valence-corrected chi connectivity index (χ2v) is 4.15. The lowest BCUT2D eigenvalue weighted by molar-refractivity contribution is -0.133. The Morgan fingerprint density at radius 1 is 1.25 bits per heavy atom. The molecule has 0 unspecified atom stereocenters. The molecule has 1 amide bonds. The molecule has 4 heteroatoms. The highest BCUT2D eigenvalue weighted by molar-refractivity contribution is 5.81. The predicted molar refractivity (Wildman–Crippen MR) is 66.1 cm³/mol. The Balaban J connectivity index is 4.12. The van der Waals surface area contributed by atoms with Gasteiger partial charge in [0, 0.05) is 13.1 Å². The topological polar surface area (TPSA) is 66.6 Å². The zero-order chi connectivity index (χ0) is 12.4. The van der Waals surface area contributed by atoms with Crippen molar-refractivity contribution in [2.24, 2.45) is 5.73 Å². The van der Waals surface area contributed by atoms with Crippen molar-refractivity contribution in [3.05, 3.63) is 0 Å². The number of nitrogens with two attached hydrogens (primary N) is 1. The highest BCUT2D eigenvalue weighted by atomic mass is 16.3. The lowest BCUT2D eigenvalue weighted by atomic mass is 10.1. The highest BCUT2D eigenvalue weighted by Crippen LogP contribution is 2.04. The number of hydrogen-bond acceptors (Lipinski definition) is 3. The van der Waals surface area contributed by atoms with E-state index in [0.717, 1.165) is 32.1 Å². The Bertz CT molecular complexity index is 186. The molecule has 0 aliphatic carbocycles. The van der Waals surface area contributed by atoms with Crippen LogP contribution in [-0.2, 0) is 4.79 Å². The van der Waals surface area contributed by atoms with Crippen LogP contribution in [0.15, 0.2) is 0 Å². The third-order valence-electron chi connectivity index (χ3n) is 2.65. The summed E-state index contributed by atoms with van der Waals surface area (Å²) in [4.78, 5) is 13.6. The Morgan fingerprint density at radius 2 is 1.88 bits per heavy atom. The summed E-state index contributed by atoms with van der Waals surface area (Å²) in [5, 5.41) is 8.91. The van der Waals surface area contributed by atoms with Crippen molar-refractivity contribution in [2.45, 2.75) is 52.0 Å². The van der Waals surface area contributed by atoms with Gasteiger partial charge in [-0.2, -0.15) is 0 Å². The summed E-state index contributed by atoms with van der Waals surface area (Å²) in [7, 11) is 0. The molecule has 96 valence electrons. The minimum absolute atomic E-state index is 0.00987. The highest BCUT2D eigenvalue weighted by Gasteiger charge is 2.19. The molecular weight excluding hydrogens is 204 g/mol. The molecule has 0 spiro atoms. The van der Waals surface area contributed by atoms with Crippen LogP contribution in [0.4, 0.5) is 0 Å². The van der Waals surface area contributed by atoms with Gasteiger partial charge in [-0.1, -0.05) is 33.1 Å². The summed E-state index contributed by atoms with van der Waals surface area (Å²) in [5.41, 5.74) is 5.83. The van der Waals surface area contributed by atoms with Crippen LogP contribution < -0.4 is 5.73 Å². The van der Waals surface area contributed by atoms with E-state index in [1.54, 1.807) is 4.90 Å². The number of rotatable bonds is 9. The average Bonchev–Trinajstić information content (AvgIpc) is 2.30. The Labute approximate surface area is 98.8 Å². The fraction of sp³-hybridized carbons (Fsp3) is 0.917. The third kappa shape index (κ3) is 6.08. The number of aliphatic hydroxyl groups is 1. The molecule has 0 fully saturated rings. The maximum Gasteiger partial charge on any atom is 0.239 e. The van der Waals surface area contributed by atoms with Crippen LogP contribution in [0.3, 0.4) is 0 Å². The summed E-state index contributed by atoms with van der Waals surface area (Å²) in [6.45, 7) is 5.28. The maximum atomic E-state index is 11.9. The van der Waals surface area contributed by atoms with Gasteiger partial charge >= 0.3 is 0 Å². The minimum atomic E-state index is -0.400. The van der Waals surface area contributed by atoms with Crippen LogP contribution in [0.25, 0.3) is 0 Å². The second kappa shape index (κ2) is 9.60. The second-order valence-electron chi connectivity index (χ2n) is 4.15. The van der Waals surface area contributed by atoms with E-state index in [4.69, 9.17) is 10.8 Å². The van der Waals surface area contributed by atoms with Crippen molar-refractivity contribution < 1.29 is 9.90 Å². The molecule has 16 heavy (non-hydrogen) atoms. The molecule has 3 N–H and O–H groups in total. The molecule has 0 radical (unpaired) electrons. The fourth-order valence-corrected chi connectivity index (χ4v) is 1.58. The smallest absolute Gasteiger partial charge is 0.239 e. The van der Waals surface area contributed by atoms with E-state index in [-0.39, 0.29) is 12.5 Å². The zero-order valence-corrected chi connectivity index (χ0v) is 10.6. The number of carbonyl (C=O) groups is 1. The van der Waals surface area contributed by atoms with Gasteiger partial charge in [-0.25, -0.2) is 0 Å². The number of nitrogens with zero attached hydrogens (tertiary/aromatic N) is 1. The van der Waals surface area contributed by atoms with Gasteiger partial charge in [0.25, 0.3) is 0 Å². The Morgan fingerprint density at radius 3 is 2.38 bits per heavy atom. The quantitative estimate of drug-likeness (QED) is 0.624. The lowest BCUT2D eigenvalue weighted by Gasteiger charge is -2.24. The third-order valence-corrected chi connectivity index (χ3v) is 2.65. The molecule has 0 bridgehead atoms. The summed E-state index contributed by atoms with van der Waals surface area (Å²) >= 11 is 0. The molecule has 0 aliphatic rings. The van der Waals surface area contributed by atoms with E-state index in [2.05, 4.69) is 13.8 Å². The number of aliphatic hydroxyl groups excluding tert-OH is 1. The first-order valence-corrected chi connectivity index (χ1v) is 6.32. The molecule has 0 heterocycles. The molecule has 0 rings (SSSR count). The van der Waals surface area contributed by atoms with E-state index in [9.17, 15) is 4.79 Å². The largest absolute Gasteiger partial charge is 0.395 e. The van der Waals surface area contributed by atoms with Crippen LogP contribution in [0, 0.1) is 0 Å². The molecule has 0 saturated carbocycles. The minimum Gasteiger partial charge on any atom is -0.395 e. The number of carbonyl (C=O) groups excluding carboxylic acids is 1. The van der Waals surface area contributed by atoms with Gasteiger partial charge in [-0.15, -0.1) is 0 Å². The molecule has 0 aromatic rings. The SMILES string of the molecule is CCCC[C@H](N)C(=O)N(CCO)CCCC. The first kappa shape index (κ1) is 15.4. The molecule has 1 atom stereocenters. The molecule has 0 aliphatic heterocycles. The Hall–Kier alpha value is -0.610. The van der Waals surface area contributed by atoms with E-state index < -0.39 is 6.04 Å². The average molecular weight is 230 g/mol. The van der Waals surface area contributed by atoms with Gasteiger partial charge in [-0.3, -0.25) is 4.79 Å². The van der Waals surface area contributed by atoms with E-state index in [1.807, 2.05) is 0 Å². The van der Waals surface area contributed by atoms with Crippen molar-refractivity contribution in [3.8, 4) is 0 Å². The molecule has 0 saturated heterocycles. The first-order chi connectivity index (χ1) is 7.67. The fourth-order valence-electron chi connectivity index (χ4n) is 1.58. The van der Waals surface area contributed by atoms with Crippen molar-refractivity contribution >= 4 is 5.91 Å². The van der Waals surface area contributed by atoms with Gasteiger partial charge in [-0.05, 0) is 12.8 Å². The summed E-state index contributed by atoms with van der Waals surface area (Å²) in [6.07, 6.45) is 4.78. The summed E-state index contributed by atoms with van der Waals surface area (Å²) in [6, 6.07) is -0.400. The molecule has 4 nitrogen and oxygen atoms in total. The Kier molecular flexibility index (Phi) is 9.24. The van der Waals surface area contributed by atoms with Crippen LogP contribution in [-0.4, -0.2) is 41.7 Å². The van der Waals surface area contributed by atoms with Gasteiger partial charge in [0.15, 0.2) is 0 Å². The molecule has 0 aromatic carbocycles. The zero-order valence-electron chi connectivity index (χ0n) is 10.6. The van der Waals surface area contributed by atoms with Crippen LogP contribution >= 0.6 is 0 Å². The van der Waals surface area contributed by atoms with Crippen LogP contribution in [0.2, 0.25) is 0 Å². The van der Waals surface area contributed by atoms with Gasteiger partial charge in [0.05, 0.1) is 12.6 Å². The first-order valence-electron chi connectivity index (χ1n) is 6.32. The van der Waals surface area contributed by atoms with E-state index in [0.29, 0.717) is 13.1 Å². The van der Waals surface area contributed by atoms with Gasteiger partial charge in [0.1, 0.15) is 0 Å². The van der Waals surface area contributed by atoms with Crippen molar-refractivity contribution in [3.63, 3.8) is 0 Å². The molecule has 0 aromatic heterocycles. The maximum absolute atomic E-state index is 11.9. The van der Waals surface area contributed by atoms with Gasteiger partial charge in [0.2, 0.25) is 5.91 Å². The standard InChI is InChI=1S/C12H26N2O2/c1-3-5-7-11(13)12(16)14(9-10-15)8-6-4-2/h11,15H,3-10,13H2,1-2H3/t11-/m0/s1. The van der Waals surface area contributed by atoms with E-state index >= 15 is 0 Å². The predicted octanol–water partition coefficient (Wildman–Crippen LogP) is 1.12.